The van der Waals surface area contributed by atoms with Crippen LogP contribution in [0.1, 0.15) is 32.6 Å². The van der Waals surface area contributed by atoms with E-state index in [4.69, 9.17) is 0 Å². The van der Waals surface area contributed by atoms with Crippen LogP contribution < -0.4 is 20.9 Å². The summed E-state index contributed by atoms with van der Waals surface area (Å²) in [6, 6.07) is 15.5. The second-order valence-corrected chi connectivity index (χ2v) is 7.08. The first kappa shape index (κ1) is 19.7. The van der Waals surface area contributed by atoms with Gasteiger partial charge in [-0.2, -0.15) is 0 Å². The minimum Gasteiger partial charge on any atom is -0.385 e. The maximum atomic E-state index is 12.2. The molecule has 1 fully saturated rings. The largest absolute Gasteiger partial charge is 0.385 e. The van der Waals surface area contributed by atoms with Crippen LogP contribution in [0.4, 0.5) is 22.7 Å². The van der Waals surface area contributed by atoms with Crippen LogP contribution in [-0.2, 0) is 9.59 Å². The van der Waals surface area contributed by atoms with Crippen molar-refractivity contribution in [2.45, 2.75) is 32.6 Å². The summed E-state index contributed by atoms with van der Waals surface area (Å²) < 4.78 is 0. The van der Waals surface area contributed by atoms with Crippen molar-refractivity contribution in [3.8, 4) is 0 Å². The SMILES string of the molecule is CC(=O)Nc1cccc(NC(=O)CCNc2ccc(N3CCCCC3)cc2)c1. The standard InChI is InChI=1S/C22H28N4O2/c1-17(27)24-19-6-5-7-20(16-19)25-22(28)12-13-23-18-8-10-21(11-9-18)26-14-3-2-4-15-26/h5-11,16,23H,2-4,12-15H2,1H3,(H,24,27)(H,25,28). The van der Waals surface area contributed by atoms with E-state index in [1.807, 2.05) is 0 Å². The van der Waals surface area contributed by atoms with Crippen LogP contribution in [0.2, 0.25) is 0 Å². The predicted molar refractivity (Wildman–Crippen MR) is 115 cm³/mol. The molecule has 1 aliphatic rings. The second kappa shape index (κ2) is 9.78. The molecule has 2 aromatic carbocycles. The molecule has 0 radical (unpaired) electrons. The van der Waals surface area contributed by atoms with Crippen LogP contribution in [0.15, 0.2) is 48.5 Å². The fourth-order valence-electron chi connectivity index (χ4n) is 3.36. The third kappa shape index (κ3) is 6.01. The highest BCUT2D eigenvalue weighted by molar-refractivity contribution is 5.93. The zero-order valence-corrected chi connectivity index (χ0v) is 16.3. The van der Waals surface area contributed by atoms with Crippen molar-refractivity contribution in [3.05, 3.63) is 48.5 Å². The molecule has 6 nitrogen and oxygen atoms in total. The van der Waals surface area contributed by atoms with Crippen LogP contribution in [-0.4, -0.2) is 31.4 Å². The van der Waals surface area contributed by atoms with E-state index in [9.17, 15) is 9.59 Å². The number of carbonyl (C=O) groups excluding carboxylic acids is 2. The van der Waals surface area contributed by atoms with Gasteiger partial charge >= 0.3 is 0 Å². The summed E-state index contributed by atoms with van der Waals surface area (Å²) >= 11 is 0. The average molecular weight is 380 g/mol. The molecule has 0 spiro atoms. The number of benzene rings is 2. The van der Waals surface area contributed by atoms with Gasteiger partial charge in [0.2, 0.25) is 11.8 Å². The molecule has 2 aromatic rings. The highest BCUT2D eigenvalue weighted by atomic mass is 16.2. The summed E-state index contributed by atoms with van der Waals surface area (Å²) in [6.45, 7) is 4.28. The topological polar surface area (TPSA) is 73.5 Å². The Morgan fingerprint density at radius 2 is 1.57 bits per heavy atom. The lowest BCUT2D eigenvalue weighted by molar-refractivity contribution is -0.116. The Morgan fingerprint density at radius 3 is 2.25 bits per heavy atom. The number of piperidine rings is 1. The molecule has 3 N–H and O–H groups in total. The van der Waals surface area contributed by atoms with Gasteiger partial charge in [-0.25, -0.2) is 0 Å². The molecular weight excluding hydrogens is 352 g/mol. The smallest absolute Gasteiger partial charge is 0.226 e. The van der Waals surface area contributed by atoms with Gasteiger partial charge in [-0.3, -0.25) is 9.59 Å². The average Bonchev–Trinajstić information content (AvgIpc) is 2.69. The molecule has 1 heterocycles. The molecule has 0 saturated carbocycles. The number of hydrogen-bond donors (Lipinski definition) is 3. The Morgan fingerprint density at radius 1 is 0.893 bits per heavy atom. The number of nitrogens with one attached hydrogen (secondary N) is 3. The van der Waals surface area contributed by atoms with E-state index in [2.05, 4.69) is 45.1 Å². The monoisotopic (exact) mass is 380 g/mol. The molecule has 28 heavy (non-hydrogen) atoms. The zero-order chi connectivity index (χ0) is 19.8. The number of anilines is 4. The second-order valence-electron chi connectivity index (χ2n) is 7.08. The van der Waals surface area contributed by atoms with Gasteiger partial charge in [0.05, 0.1) is 0 Å². The Hall–Kier alpha value is -3.02. The van der Waals surface area contributed by atoms with Crippen molar-refractivity contribution >= 4 is 34.6 Å². The lowest BCUT2D eigenvalue weighted by atomic mass is 10.1. The van der Waals surface area contributed by atoms with Gasteiger partial charge < -0.3 is 20.9 Å². The molecule has 0 bridgehead atoms. The fourth-order valence-corrected chi connectivity index (χ4v) is 3.36. The third-order valence-electron chi connectivity index (χ3n) is 4.74. The van der Waals surface area contributed by atoms with E-state index < -0.39 is 0 Å². The summed E-state index contributed by atoms with van der Waals surface area (Å²) in [5.41, 5.74) is 3.61. The van der Waals surface area contributed by atoms with Crippen molar-refractivity contribution in [1.82, 2.24) is 0 Å². The summed E-state index contributed by atoms with van der Waals surface area (Å²) in [4.78, 5) is 25.7. The van der Waals surface area contributed by atoms with Gasteiger partial charge in [-0.15, -0.1) is 0 Å². The maximum Gasteiger partial charge on any atom is 0.226 e. The lowest BCUT2D eigenvalue weighted by Gasteiger charge is -2.28. The van der Waals surface area contributed by atoms with Crippen LogP contribution in [0.25, 0.3) is 0 Å². The molecule has 148 valence electrons. The zero-order valence-electron chi connectivity index (χ0n) is 16.3. The van der Waals surface area contributed by atoms with Gasteiger partial charge in [0, 0.05) is 55.7 Å². The van der Waals surface area contributed by atoms with Gasteiger partial charge in [-0.05, 0) is 61.7 Å². The van der Waals surface area contributed by atoms with Crippen molar-refractivity contribution < 1.29 is 9.59 Å². The minimum absolute atomic E-state index is 0.0718. The first-order valence-electron chi connectivity index (χ1n) is 9.86. The Kier molecular flexibility index (Phi) is 6.89. The van der Waals surface area contributed by atoms with E-state index in [-0.39, 0.29) is 11.8 Å². The summed E-state index contributed by atoms with van der Waals surface area (Å²) in [5, 5.41) is 8.85. The van der Waals surface area contributed by atoms with E-state index in [0.717, 1.165) is 18.8 Å². The fraction of sp³-hybridized carbons (Fsp3) is 0.364. The molecule has 3 rings (SSSR count). The van der Waals surface area contributed by atoms with Crippen LogP contribution >= 0.6 is 0 Å². The first-order chi connectivity index (χ1) is 13.6. The normalized spacial score (nSPS) is 13.7. The molecule has 1 saturated heterocycles. The minimum atomic E-state index is -0.140. The Bertz CT molecular complexity index is 798. The third-order valence-corrected chi connectivity index (χ3v) is 4.74. The van der Waals surface area contributed by atoms with Crippen LogP contribution in [0.5, 0.6) is 0 Å². The summed E-state index contributed by atoms with van der Waals surface area (Å²) in [7, 11) is 0. The van der Waals surface area contributed by atoms with Gasteiger partial charge in [0.1, 0.15) is 0 Å². The van der Waals surface area contributed by atoms with Crippen LogP contribution in [0, 0.1) is 0 Å². The Labute approximate surface area is 166 Å². The molecule has 0 atom stereocenters. The summed E-state index contributed by atoms with van der Waals surface area (Å²) in [5.74, 6) is -0.212. The van der Waals surface area contributed by atoms with Crippen molar-refractivity contribution in [2.75, 3.05) is 40.5 Å². The number of amides is 2. The van der Waals surface area contributed by atoms with Crippen molar-refractivity contribution in [2.24, 2.45) is 0 Å². The Balaban J connectivity index is 1.43. The number of hydrogen-bond acceptors (Lipinski definition) is 4. The van der Waals surface area contributed by atoms with E-state index in [1.165, 1.54) is 31.9 Å². The summed E-state index contributed by atoms with van der Waals surface area (Å²) in [6.07, 6.45) is 4.22. The maximum absolute atomic E-state index is 12.2. The highest BCUT2D eigenvalue weighted by Crippen LogP contribution is 2.22. The van der Waals surface area contributed by atoms with Crippen LogP contribution in [0.3, 0.4) is 0 Å². The van der Waals surface area contributed by atoms with Gasteiger partial charge in [0.25, 0.3) is 0 Å². The van der Waals surface area contributed by atoms with Crippen molar-refractivity contribution in [3.63, 3.8) is 0 Å². The molecule has 0 aliphatic carbocycles. The predicted octanol–water partition coefficient (Wildman–Crippen LogP) is 4.08. The molecule has 2 amide bonds. The van der Waals surface area contributed by atoms with Crippen molar-refractivity contribution in [1.29, 1.82) is 0 Å². The number of carbonyl (C=O) groups is 2. The molecule has 1 aliphatic heterocycles. The van der Waals surface area contributed by atoms with E-state index in [0.29, 0.717) is 24.3 Å². The number of rotatable bonds is 7. The molecule has 0 aromatic heterocycles. The van der Waals surface area contributed by atoms with Gasteiger partial charge in [-0.1, -0.05) is 6.07 Å². The molecular formula is C22H28N4O2. The number of nitrogens with zero attached hydrogens (tertiary/aromatic N) is 1. The van der Waals surface area contributed by atoms with E-state index in [1.54, 1.807) is 24.3 Å². The molecule has 0 unspecified atom stereocenters. The van der Waals surface area contributed by atoms with Gasteiger partial charge in [0.15, 0.2) is 0 Å². The quantitative estimate of drug-likeness (QED) is 0.677. The lowest BCUT2D eigenvalue weighted by Crippen LogP contribution is -2.29. The molecule has 6 heteroatoms. The first-order valence-corrected chi connectivity index (χ1v) is 9.86. The highest BCUT2D eigenvalue weighted by Gasteiger charge is 2.10. The van der Waals surface area contributed by atoms with E-state index >= 15 is 0 Å².